The van der Waals surface area contributed by atoms with Gasteiger partial charge in [0.15, 0.2) is 0 Å². The van der Waals surface area contributed by atoms with Gasteiger partial charge in [0.25, 0.3) is 0 Å². The molecule has 0 aliphatic rings. The fraction of sp³-hybridized carbons (Fsp3) is 0.167. The van der Waals surface area contributed by atoms with Crippen LogP contribution in [0.2, 0.25) is 5.02 Å². The number of carboxylic acids is 1. The molecule has 0 bridgehead atoms. The first-order valence-corrected chi connectivity index (χ1v) is 5.43. The summed E-state index contributed by atoms with van der Waals surface area (Å²) >= 11 is 5.73. The molecule has 1 aromatic carbocycles. The summed E-state index contributed by atoms with van der Waals surface area (Å²) in [5.74, 6) is -2.02. The van der Waals surface area contributed by atoms with Gasteiger partial charge in [0, 0.05) is 12.6 Å². The van der Waals surface area contributed by atoms with Crippen molar-refractivity contribution >= 4 is 35.2 Å². The number of rotatable bonds is 4. The number of nitrogens with one attached hydrogen (secondary N) is 1. The molecule has 0 aliphatic heterocycles. The zero-order chi connectivity index (χ0) is 13.7. The van der Waals surface area contributed by atoms with E-state index in [1.54, 1.807) is 0 Å². The van der Waals surface area contributed by atoms with Crippen molar-refractivity contribution in [3.05, 3.63) is 34.6 Å². The molecular weight excluding hydrogens is 261 g/mol. The normalized spacial score (nSPS) is 10.6. The van der Waals surface area contributed by atoms with Crippen molar-refractivity contribution in [3.8, 4) is 0 Å². The fourth-order valence-corrected chi connectivity index (χ4v) is 1.47. The van der Waals surface area contributed by atoms with Crippen LogP contribution in [-0.4, -0.2) is 17.0 Å². The number of carboxylic acid groups (broad SMARTS) is 1. The van der Waals surface area contributed by atoms with E-state index in [9.17, 15) is 14.0 Å². The average Bonchev–Trinajstić information content (AvgIpc) is 2.23. The second kappa shape index (κ2) is 6.16. The zero-order valence-electron chi connectivity index (χ0n) is 9.54. The van der Waals surface area contributed by atoms with E-state index in [2.05, 4.69) is 5.32 Å². The van der Waals surface area contributed by atoms with E-state index in [-0.39, 0.29) is 23.0 Å². The predicted molar refractivity (Wildman–Crippen MR) is 67.0 cm³/mol. The van der Waals surface area contributed by atoms with E-state index >= 15 is 0 Å². The van der Waals surface area contributed by atoms with Crippen LogP contribution in [0.1, 0.15) is 18.9 Å². The molecule has 18 heavy (non-hydrogen) atoms. The van der Waals surface area contributed by atoms with E-state index in [0.717, 1.165) is 6.07 Å². The van der Waals surface area contributed by atoms with E-state index in [1.165, 1.54) is 25.1 Å². The molecule has 0 fully saturated rings. The van der Waals surface area contributed by atoms with Gasteiger partial charge >= 0.3 is 5.97 Å². The monoisotopic (exact) mass is 271 g/mol. The molecule has 6 heteroatoms. The number of benzene rings is 1. The van der Waals surface area contributed by atoms with Crippen LogP contribution in [-0.2, 0) is 9.59 Å². The van der Waals surface area contributed by atoms with Gasteiger partial charge in [-0.15, -0.1) is 0 Å². The van der Waals surface area contributed by atoms with Gasteiger partial charge in [-0.2, -0.15) is 0 Å². The fourth-order valence-electron chi connectivity index (χ4n) is 1.29. The van der Waals surface area contributed by atoms with Crippen molar-refractivity contribution in [3.63, 3.8) is 0 Å². The maximum Gasteiger partial charge on any atom is 0.307 e. The zero-order valence-corrected chi connectivity index (χ0v) is 10.3. The Labute approximate surface area is 108 Å². The van der Waals surface area contributed by atoms with Gasteiger partial charge in [0.05, 0.1) is 11.4 Å². The number of carbonyl (C=O) groups is 2. The largest absolute Gasteiger partial charge is 0.481 e. The molecule has 0 unspecified atom stereocenters. The van der Waals surface area contributed by atoms with Gasteiger partial charge in [-0.3, -0.25) is 9.59 Å². The Morgan fingerprint density at radius 2 is 2.17 bits per heavy atom. The smallest absolute Gasteiger partial charge is 0.307 e. The molecule has 0 heterocycles. The van der Waals surface area contributed by atoms with Gasteiger partial charge in [0.1, 0.15) is 5.82 Å². The van der Waals surface area contributed by atoms with Gasteiger partial charge < -0.3 is 10.4 Å². The molecule has 1 amide bonds. The van der Waals surface area contributed by atoms with Crippen LogP contribution in [0.5, 0.6) is 0 Å². The standard InChI is InChI=1S/C12H11ClFNO3/c1-7(16)15-9-5-8(3-2-4-11(17)18)12(13)10(14)6-9/h2-3,5-6H,4H2,1H3,(H,15,16)(H,17,18)/b3-2+. The van der Waals surface area contributed by atoms with Gasteiger partial charge in [-0.05, 0) is 17.7 Å². The van der Waals surface area contributed by atoms with Crippen molar-refractivity contribution < 1.29 is 19.1 Å². The average molecular weight is 272 g/mol. The number of hydrogen-bond acceptors (Lipinski definition) is 2. The van der Waals surface area contributed by atoms with E-state index in [1.807, 2.05) is 0 Å². The Morgan fingerprint density at radius 1 is 1.50 bits per heavy atom. The highest BCUT2D eigenvalue weighted by atomic mass is 35.5. The first kappa shape index (κ1) is 14.2. The van der Waals surface area contributed by atoms with Crippen molar-refractivity contribution in [2.75, 3.05) is 5.32 Å². The van der Waals surface area contributed by atoms with Crippen LogP contribution in [0.4, 0.5) is 10.1 Å². The van der Waals surface area contributed by atoms with Crippen molar-refractivity contribution in [2.45, 2.75) is 13.3 Å². The lowest BCUT2D eigenvalue weighted by Crippen LogP contribution is -2.06. The van der Waals surface area contributed by atoms with Crippen molar-refractivity contribution in [1.29, 1.82) is 0 Å². The van der Waals surface area contributed by atoms with Crippen molar-refractivity contribution in [1.82, 2.24) is 0 Å². The molecule has 0 saturated carbocycles. The molecule has 0 aromatic heterocycles. The van der Waals surface area contributed by atoms with Crippen molar-refractivity contribution in [2.24, 2.45) is 0 Å². The SMILES string of the molecule is CC(=O)Nc1cc(F)c(Cl)c(/C=C/CC(=O)O)c1. The van der Waals surface area contributed by atoms with E-state index in [4.69, 9.17) is 16.7 Å². The number of hydrogen-bond donors (Lipinski definition) is 2. The molecule has 96 valence electrons. The van der Waals surface area contributed by atoms with Crippen LogP contribution < -0.4 is 5.32 Å². The van der Waals surface area contributed by atoms with Crippen LogP contribution >= 0.6 is 11.6 Å². The maximum absolute atomic E-state index is 13.4. The number of carbonyl (C=O) groups excluding carboxylic acids is 1. The summed E-state index contributed by atoms with van der Waals surface area (Å²) in [6.45, 7) is 1.30. The minimum absolute atomic E-state index is 0.120. The summed E-state index contributed by atoms with van der Waals surface area (Å²) in [7, 11) is 0. The van der Waals surface area contributed by atoms with Gasteiger partial charge in [-0.1, -0.05) is 23.8 Å². The van der Waals surface area contributed by atoms with E-state index < -0.39 is 11.8 Å². The first-order chi connectivity index (χ1) is 8.40. The molecule has 4 nitrogen and oxygen atoms in total. The quantitative estimate of drug-likeness (QED) is 0.885. The molecule has 0 saturated heterocycles. The lowest BCUT2D eigenvalue weighted by molar-refractivity contribution is -0.136. The molecule has 1 aromatic rings. The molecule has 0 aliphatic carbocycles. The topological polar surface area (TPSA) is 66.4 Å². The third kappa shape index (κ3) is 4.18. The Morgan fingerprint density at radius 3 is 2.72 bits per heavy atom. The summed E-state index contributed by atoms with van der Waals surface area (Å²) in [5.41, 5.74) is 0.570. The minimum Gasteiger partial charge on any atom is -0.481 e. The lowest BCUT2D eigenvalue weighted by Gasteiger charge is -2.06. The van der Waals surface area contributed by atoms with Crippen LogP contribution in [0.15, 0.2) is 18.2 Å². The summed E-state index contributed by atoms with van der Waals surface area (Å²) in [6, 6.07) is 2.56. The van der Waals surface area contributed by atoms with Gasteiger partial charge in [0.2, 0.25) is 5.91 Å². The maximum atomic E-state index is 13.4. The highest BCUT2D eigenvalue weighted by Gasteiger charge is 2.08. The van der Waals surface area contributed by atoms with Crippen LogP contribution in [0, 0.1) is 5.82 Å². The third-order valence-electron chi connectivity index (χ3n) is 1.97. The highest BCUT2D eigenvalue weighted by Crippen LogP contribution is 2.26. The summed E-state index contributed by atoms with van der Waals surface area (Å²) in [6.07, 6.45) is 2.55. The molecule has 0 atom stereocenters. The van der Waals surface area contributed by atoms with Gasteiger partial charge in [-0.25, -0.2) is 4.39 Å². The third-order valence-corrected chi connectivity index (χ3v) is 2.37. The Balaban J connectivity index is 3.02. The highest BCUT2D eigenvalue weighted by molar-refractivity contribution is 6.32. The molecule has 2 N–H and O–H groups in total. The molecule has 0 radical (unpaired) electrons. The Bertz CT molecular complexity index is 514. The molecular formula is C12H11ClFNO3. The lowest BCUT2D eigenvalue weighted by atomic mass is 10.1. The minimum atomic E-state index is -0.999. The summed E-state index contributed by atoms with van der Waals surface area (Å²) in [5, 5.41) is 10.8. The molecule has 1 rings (SSSR count). The number of anilines is 1. The number of amides is 1. The number of aliphatic carboxylic acids is 1. The second-order valence-corrected chi connectivity index (χ2v) is 3.92. The first-order valence-electron chi connectivity index (χ1n) is 5.05. The van der Waals surface area contributed by atoms with E-state index in [0.29, 0.717) is 5.56 Å². The molecule has 0 spiro atoms. The Hall–Kier alpha value is -1.88. The van der Waals surface area contributed by atoms with Crippen LogP contribution in [0.3, 0.4) is 0 Å². The summed E-state index contributed by atoms with van der Waals surface area (Å²) in [4.78, 5) is 21.2. The number of halogens is 2. The second-order valence-electron chi connectivity index (χ2n) is 3.54. The van der Waals surface area contributed by atoms with Crippen LogP contribution in [0.25, 0.3) is 6.08 Å². The Kier molecular flexibility index (Phi) is 4.85. The predicted octanol–water partition coefficient (Wildman–Crippen LogP) is 2.93. The summed E-state index contributed by atoms with van der Waals surface area (Å²) < 4.78 is 13.4.